The molecule has 4 nitrogen and oxygen atoms in total. The first-order valence-electron chi connectivity index (χ1n) is 8.77. The van der Waals surface area contributed by atoms with Crippen molar-refractivity contribution >= 4 is 0 Å². The van der Waals surface area contributed by atoms with Crippen LogP contribution in [0.2, 0.25) is 0 Å². The van der Waals surface area contributed by atoms with Gasteiger partial charge in [0.25, 0.3) is 0 Å². The lowest BCUT2D eigenvalue weighted by atomic mass is 9.85. The zero-order valence-electron chi connectivity index (χ0n) is 13.9. The van der Waals surface area contributed by atoms with Crippen molar-refractivity contribution in [1.82, 2.24) is 15.1 Å². The molecule has 0 radical (unpaired) electrons. The molecule has 1 aliphatic carbocycles. The van der Waals surface area contributed by atoms with Crippen molar-refractivity contribution < 1.29 is 0 Å². The van der Waals surface area contributed by atoms with Gasteiger partial charge in [0, 0.05) is 13.1 Å². The molecule has 2 unspecified atom stereocenters. The van der Waals surface area contributed by atoms with Crippen molar-refractivity contribution in [3.8, 4) is 6.07 Å². The van der Waals surface area contributed by atoms with Gasteiger partial charge in [-0.15, -0.1) is 0 Å². The number of nitriles is 1. The molecule has 0 spiro atoms. The summed E-state index contributed by atoms with van der Waals surface area (Å²) in [6, 6.07) is 2.59. The highest BCUT2D eigenvalue weighted by Crippen LogP contribution is 2.37. The van der Waals surface area contributed by atoms with Gasteiger partial charge >= 0.3 is 0 Å². The molecule has 2 atom stereocenters. The first-order chi connectivity index (χ1) is 10.2. The fourth-order valence-corrected chi connectivity index (χ4v) is 4.01. The lowest BCUT2D eigenvalue weighted by Gasteiger charge is -2.31. The van der Waals surface area contributed by atoms with Crippen LogP contribution in [0.5, 0.6) is 0 Å². The fraction of sp³-hybridized carbons (Fsp3) is 0.941. The Morgan fingerprint density at radius 2 is 2.05 bits per heavy atom. The second kappa shape index (κ2) is 8.12. The van der Waals surface area contributed by atoms with E-state index in [0.717, 1.165) is 32.5 Å². The summed E-state index contributed by atoms with van der Waals surface area (Å²) in [6.45, 7) is 9.06. The van der Waals surface area contributed by atoms with E-state index >= 15 is 0 Å². The molecular weight excluding hydrogens is 260 g/mol. The summed E-state index contributed by atoms with van der Waals surface area (Å²) in [5, 5.41) is 13.1. The molecule has 0 bridgehead atoms. The Kier molecular flexibility index (Phi) is 6.47. The van der Waals surface area contributed by atoms with Crippen LogP contribution in [0.3, 0.4) is 0 Å². The number of likely N-dealkylation sites (N-methyl/N-ethyl adjacent to an activating group) is 1. The van der Waals surface area contributed by atoms with Gasteiger partial charge in [-0.05, 0) is 71.2 Å². The molecule has 1 saturated heterocycles. The molecule has 0 aromatic carbocycles. The molecule has 0 amide bonds. The normalized spacial score (nSPS) is 30.1. The number of nitrogens with zero attached hydrogens (tertiary/aromatic N) is 3. The molecule has 4 heteroatoms. The van der Waals surface area contributed by atoms with Crippen LogP contribution in [0.1, 0.15) is 45.4 Å². The molecule has 1 heterocycles. The maximum Gasteiger partial charge on any atom is 0.109 e. The maximum atomic E-state index is 9.60. The summed E-state index contributed by atoms with van der Waals surface area (Å²) in [7, 11) is 2.23. The van der Waals surface area contributed by atoms with E-state index in [1.165, 1.54) is 45.3 Å². The minimum Gasteiger partial charge on any atom is -0.305 e. The highest BCUT2D eigenvalue weighted by atomic mass is 15.2. The molecular formula is C17H32N4. The average Bonchev–Trinajstić information content (AvgIpc) is 3.13. The molecule has 0 aromatic heterocycles. The quantitative estimate of drug-likeness (QED) is 0.744. The third-order valence-electron chi connectivity index (χ3n) is 5.37. The first-order valence-corrected chi connectivity index (χ1v) is 8.77. The Labute approximate surface area is 130 Å². The third kappa shape index (κ3) is 4.42. The largest absolute Gasteiger partial charge is 0.305 e. The van der Waals surface area contributed by atoms with Gasteiger partial charge in [0.05, 0.1) is 6.07 Å². The maximum absolute atomic E-state index is 9.60. The van der Waals surface area contributed by atoms with Gasteiger partial charge in [-0.2, -0.15) is 5.26 Å². The van der Waals surface area contributed by atoms with E-state index in [4.69, 9.17) is 0 Å². The van der Waals surface area contributed by atoms with Crippen molar-refractivity contribution in [3.63, 3.8) is 0 Å². The van der Waals surface area contributed by atoms with E-state index in [2.05, 4.69) is 35.2 Å². The van der Waals surface area contributed by atoms with Crippen LogP contribution in [-0.2, 0) is 0 Å². The standard InChI is InChI=1S/C17H32N4/c1-3-19-17(15-18)9-6-7-16(17)8-12-20(2)13-14-21-10-4-5-11-21/h16,19H,3-14H2,1-2H3. The van der Waals surface area contributed by atoms with E-state index in [9.17, 15) is 5.26 Å². The summed E-state index contributed by atoms with van der Waals surface area (Å²) in [6.07, 6.45) is 7.33. The van der Waals surface area contributed by atoms with Crippen molar-refractivity contribution in [2.45, 2.75) is 51.0 Å². The number of likely N-dealkylation sites (tertiary alicyclic amines) is 1. The Balaban J connectivity index is 1.72. The van der Waals surface area contributed by atoms with E-state index in [1.54, 1.807) is 0 Å². The molecule has 1 aliphatic heterocycles. The van der Waals surface area contributed by atoms with Gasteiger partial charge in [0.2, 0.25) is 0 Å². The second-order valence-corrected chi connectivity index (χ2v) is 6.84. The van der Waals surface area contributed by atoms with Crippen LogP contribution in [0, 0.1) is 17.2 Å². The van der Waals surface area contributed by atoms with Crippen molar-refractivity contribution in [3.05, 3.63) is 0 Å². The van der Waals surface area contributed by atoms with E-state index < -0.39 is 0 Å². The van der Waals surface area contributed by atoms with Crippen LogP contribution >= 0.6 is 0 Å². The van der Waals surface area contributed by atoms with E-state index in [1.807, 2.05) is 0 Å². The number of nitrogens with one attached hydrogen (secondary N) is 1. The van der Waals surface area contributed by atoms with Crippen molar-refractivity contribution in [2.75, 3.05) is 46.3 Å². The molecule has 2 fully saturated rings. The highest BCUT2D eigenvalue weighted by Gasteiger charge is 2.42. The van der Waals surface area contributed by atoms with E-state index in [-0.39, 0.29) is 5.54 Å². The molecule has 120 valence electrons. The van der Waals surface area contributed by atoms with Crippen LogP contribution < -0.4 is 5.32 Å². The average molecular weight is 292 g/mol. The Bertz CT molecular complexity index is 345. The molecule has 0 aromatic rings. The van der Waals surface area contributed by atoms with Gasteiger partial charge in [-0.25, -0.2) is 0 Å². The summed E-state index contributed by atoms with van der Waals surface area (Å²) in [5.74, 6) is 0.525. The Morgan fingerprint density at radius 1 is 1.29 bits per heavy atom. The number of hydrogen-bond acceptors (Lipinski definition) is 4. The van der Waals surface area contributed by atoms with Crippen molar-refractivity contribution in [2.24, 2.45) is 5.92 Å². The predicted octanol–water partition coefficient (Wildman–Crippen LogP) is 2.08. The molecule has 1 saturated carbocycles. The third-order valence-corrected chi connectivity index (χ3v) is 5.37. The number of hydrogen-bond donors (Lipinski definition) is 1. The lowest BCUT2D eigenvalue weighted by Crippen LogP contribution is -2.47. The monoisotopic (exact) mass is 292 g/mol. The van der Waals surface area contributed by atoms with Gasteiger partial charge in [0.15, 0.2) is 0 Å². The van der Waals surface area contributed by atoms with Crippen LogP contribution in [0.25, 0.3) is 0 Å². The SMILES string of the molecule is CCNC1(C#N)CCCC1CCN(C)CCN1CCCC1. The van der Waals surface area contributed by atoms with Gasteiger partial charge < -0.3 is 9.80 Å². The van der Waals surface area contributed by atoms with Crippen LogP contribution in [0.4, 0.5) is 0 Å². The summed E-state index contributed by atoms with van der Waals surface area (Å²) in [4.78, 5) is 5.02. The lowest BCUT2D eigenvalue weighted by molar-refractivity contribution is 0.225. The minimum absolute atomic E-state index is 0.245. The first kappa shape index (κ1) is 16.7. The van der Waals surface area contributed by atoms with Gasteiger partial charge in [-0.1, -0.05) is 13.3 Å². The Morgan fingerprint density at radius 3 is 2.71 bits per heavy atom. The predicted molar refractivity (Wildman–Crippen MR) is 87.1 cm³/mol. The smallest absolute Gasteiger partial charge is 0.109 e. The van der Waals surface area contributed by atoms with Crippen molar-refractivity contribution in [1.29, 1.82) is 5.26 Å². The Hall–Kier alpha value is -0.630. The van der Waals surface area contributed by atoms with Gasteiger partial charge in [0.1, 0.15) is 5.54 Å². The molecule has 2 aliphatic rings. The molecule has 21 heavy (non-hydrogen) atoms. The minimum atomic E-state index is -0.245. The van der Waals surface area contributed by atoms with Gasteiger partial charge in [-0.3, -0.25) is 5.32 Å². The zero-order chi connectivity index (χ0) is 15.1. The molecule has 2 rings (SSSR count). The topological polar surface area (TPSA) is 42.3 Å². The number of rotatable bonds is 8. The highest BCUT2D eigenvalue weighted by molar-refractivity contribution is 5.14. The van der Waals surface area contributed by atoms with Crippen LogP contribution in [0.15, 0.2) is 0 Å². The van der Waals surface area contributed by atoms with Crippen LogP contribution in [-0.4, -0.2) is 61.7 Å². The zero-order valence-corrected chi connectivity index (χ0v) is 13.9. The summed E-state index contributed by atoms with van der Waals surface area (Å²) >= 11 is 0. The summed E-state index contributed by atoms with van der Waals surface area (Å²) < 4.78 is 0. The summed E-state index contributed by atoms with van der Waals surface area (Å²) in [5.41, 5.74) is -0.245. The molecule has 1 N–H and O–H groups in total. The van der Waals surface area contributed by atoms with E-state index in [0.29, 0.717) is 5.92 Å². The fourth-order valence-electron chi connectivity index (χ4n) is 4.01. The second-order valence-electron chi connectivity index (χ2n) is 6.84.